The van der Waals surface area contributed by atoms with Crippen molar-refractivity contribution < 1.29 is 4.79 Å². The minimum Gasteiger partial charge on any atom is -0.340 e. The lowest BCUT2D eigenvalue weighted by Gasteiger charge is -2.39. The number of fused-ring (bicyclic) bond motifs is 2. The van der Waals surface area contributed by atoms with Gasteiger partial charge in [-0.3, -0.25) is 9.69 Å². The lowest BCUT2D eigenvalue weighted by molar-refractivity contribution is -0.139. The summed E-state index contributed by atoms with van der Waals surface area (Å²) in [5.41, 5.74) is 6.31. The molecular formula is C16H29N3O. The summed E-state index contributed by atoms with van der Waals surface area (Å²) in [6.45, 7) is 9.51. The molecule has 0 aromatic carbocycles. The number of hydrogen-bond acceptors (Lipinski definition) is 3. The highest BCUT2D eigenvalue weighted by atomic mass is 16.2. The first-order valence-corrected chi connectivity index (χ1v) is 8.33. The molecule has 2 bridgehead atoms. The highest BCUT2D eigenvalue weighted by Crippen LogP contribution is 2.48. The molecule has 0 spiro atoms. The highest BCUT2D eigenvalue weighted by Gasteiger charge is 2.50. The fourth-order valence-electron chi connectivity index (χ4n) is 4.58. The van der Waals surface area contributed by atoms with Crippen molar-refractivity contribution in [2.45, 2.75) is 39.2 Å². The first-order valence-electron chi connectivity index (χ1n) is 8.33. The van der Waals surface area contributed by atoms with Gasteiger partial charge < -0.3 is 10.6 Å². The third kappa shape index (κ3) is 2.60. The normalized spacial score (nSPS) is 37.9. The fraction of sp³-hybridized carbons (Fsp3) is 0.938. The molecule has 0 aromatic rings. The van der Waals surface area contributed by atoms with Crippen molar-refractivity contribution in [3.05, 3.63) is 0 Å². The summed E-state index contributed by atoms with van der Waals surface area (Å²) in [4.78, 5) is 17.3. The Bertz CT molecular complexity index is 361. The van der Waals surface area contributed by atoms with Gasteiger partial charge in [-0.25, -0.2) is 0 Å². The Morgan fingerprint density at radius 2 is 1.80 bits per heavy atom. The molecular weight excluding hydrogens is 250 g/mol. The molecule has 2 N–H and O–H groups in total. The maximum absolute atomic E-state index is 12.8. The van der Waals surface area contributed by atoms with E-state index in [0.717, 1.165) is 32.7 Å². The summed E-state index contributed by atoms with van der Waals surface area (Å²) in [5.74, 6) is 2.39. The van der Waals surface area contributed by atoms with Crippen LogP contribution in [-0.2, 0) is 4.79 Å². The molecule has 1 aliphatic heterocycles. The fourth-order valence-corrected chi connectivity index (χ4v) is 4.58. The smallest absolute Gasteiger partial charge is 0.227 e. The molecule has 4 nitrogen and oxygen atoms in total. The predicted molar refractivity (Wildman–Crippen MR) is 80.2 cm³/mol. The molecule has 1 amide bonds. The topological polar surface area (TPSA) is 49.6 Å². The van der Waals surface area contributed by atoms with Gasteiger partial charge in [-0.15, -0.1) is 0 Å². The second kappa shape index (κ2) is 5.64. The Kier molecular flexibility index (Phi) is 4.04. The number of carbonyl (C=O) groups is 1. The average Bonchev–Trinajstić information content (AvgIpc) is 2.99. The second-order valence-corrected chi connectivity index (χ2v) is 7.46. The monoisotopic (exact) mass is 279 g/mol. The molecule has 4 atom stereocenters. The van der Waals surface area contributed by atoms with Crippen LogP contribution >= 0.6 is 0 Å². The lowest BCUT2D eigenvalue weighted by Crippen LogP contribution is -2.54. The molecule has 0 radical (unpaired) electrons. The van der Waals surface area contributed by atoms with Crippen LogP contribution in [0.2, 0.25) is 0 Å². The van der Waals surface area contributed by atoms with E-state index >= 15 is 0 Å². The van der Waals surface area contributed by atoms with E-state index in [1.165, 1.54) is 19.3 Å². The van der Waals surface area contributed by atoms with Gasteiger partial charge >= 0.3 is 0 Å². The molecule has 1 saturated heterocycles. The van der Waals surface area contributed by atoms with Crippen molar-refractivity contribution in [3.8, 4) is 0 Å². The van der Waals surface area contributed by atoms with Gasteiger partial charge in [0.25, 0.3) is 0 Å². The van der Waals surface area contributed by atoms with Crippen LogP contribution in [-0.4, -0.2) is 54.5 Å². The summed E-state index contributed by atoms with van der Waals surface area (Å²) in [6, 6.07) is 0.134. The summed E-state index contributed by atoms with van der Waals surface area (Å²) in [7, 11) is 0. The van der Waals surface area contributed by atoms with Gasteiger partial charge in [0.05, 0.1) is 5.92 Å². The molecule has 4 heteroatoms. The number of amides is 1. The SMILES string of the molecule is CC(C)CN1CCN(C(=O)C2C3CCC(C3)C2N)CC1. The average molecular weight is 279 g/mol. The molecule has 0 aromatic heterocycles. The van der Waals surface area contributed by atoms with E-state index < -0.39 is 0 Å². The van der Waals surface area contributed by atoms with Crippen molar-refractivity contribution in [2.75, 3.05) is 32.7 Å². The van der Waals surface area contributed by atoms with E-state index in [1.54, 1.807) is 0 Å². The molecule has 3 rings (SSSR count). The third-order valence-corrected chi connectivity index (χ3v) is 5.57. The van der Waals surface area contributed by atoms with Gasteiger partial charge in [0.15, 0.2) is 0 Å². The summed E-state index contributed by atoms with van der Waals surface area (Å²) >= 11 is 0. The van der Waals surface area contributed by atoms with Gasteiger partial charge in [0, 0.05) is 38.8 Å². The Hall–Kier alpha value is -0.610. The largest absolute Gasteiger partial charge is 0.340 e. The minimum atomic E-state index is 0.130. The number of rotatable bonds is 3. The minimum absolute atomic E-state index is 0.130. The molecule has 1 heterocycles. The van der Waals surface area contributed by atoms with Crippen LogP contribution in [0.4, 0.5) is 0 Å². The summed E-state index contributed by atoms with van der Waals surface area (Å²) < 4.78 is 0. The Morgan fingerprint density at radius 3 is 2.35 bits per heavy atom. The van der Waals surface area contributed by atoms with Crippen molar-refractivity contribution in [1.82, 2.24) is 9.80 Å². The number of carbonyl (C=O) groups excluding carboxylic acids is 1. The van der Waals surface area contributed by atoms with Crippen LogP contribution in [0.5, 0.6) is 0 Å². The molecule has 4 unspecified atom stereocenters. The maximum Gasteiger partial charge on any atom is 0.227 e. The van der Waals surface area contributed by atoms with Crippen LogP contribution < -0.4 is 5.73 Å². The quantitative estimate of drug-likeness (QED) is 0.843. The predicted octanol–water partition coefficient (Wildman–Crippen LogP) is 1.16. The number of nitrogens with two attached hydrogens (primary N) is 1. The standard InChI is InChI=1S/C16H29N3O/c1-11(2)10-18-5-7-19(8-6-18)16(20)14-12-3-4-13(9-12)15(14)17/h11-15H,3-10,17H2,1-2H3. The van der Waals surface area contributed by atoms with Crippen LogP contribution in [0.25, 0.3) is 0 Å². The first kappa shape index (κ1) is 14.3. The van der Waals surface area contributed by atoms with Crippen LogP contribution in [0, 0.1) is 23.7 Å². The van der Waals surface area contributed by atoms with Crippen LogP contribution in [0.3, 0.4) is 0 Å². The van der Waals surface area contributed by atoms with Gasteiger partial charge in [0.1, 0.15) is 0 Å². The Morgan fingerprint density at radius 1 is 1.15 bits per heavy atom. The molecule has 114 valence electrons. The van der Waals surface area contributed by atoms with Crippen molar-refractivity contribution in [1.29, 1.82) is 0 Å². The Balaban J connectivity index is 1.54. The van der Waals surface area contributed by atoms with E-state index in [4.69, 9.17) is 5.73 Å². The van der Waals surface area contributed by atoms with E-state index in [9.17, 15) is 4.79 Å². The van der Waals surface area contributed by atoms with E-state index in [0.29, 0.717) is 23.7 Å². The van der Waals surface area contributed by atoms with E-state index in [1.807, 2.05) is 0 Å². The zero-order valence-electron chi connectivity index (χ0n) is 12.9. The first-order chi connectivity index (χ1) is 9.56. The number of piperazine rings is 1. The summed E-state index contributed by atoms with van der Waals surface area (Å²) in [5, 5.41) is 0. The number of nitrogens with zero attached hydrogens (tertiary/aromatic N) is 2. The maximum atomic E-state index is 12.8. The van der Waals surface area contributed by atoms with Gasteiger partial charge in [-0.05, 0) is 37.0 Å². The van der Waals surface area contributed by atoms with Crippen molar-refractivity contribution in [2.24, 2.45) is 29.4 Å². The summed E-state index contributed by atoms with van der Waals surface area (Å²) in [6.07, 6.45) is 3.67. The van der Waals surface area contributed by atoms with E-state index in [2.05, 4.69) is 23.6 Å². The number of hydrogen-bond donors (Lipinski definition) is 1. The van der Waals surface area contributed by atoms with Crippen LogP contribution in [0.1, 0.15) is 33.1 Å². The highest BCUT2D eigenvalue weighted by molar-refractivity contribution is 5.80. The van der Waals surface area contributed by atoms with Crippen LogP contribution in [0.15, 0.2) is 0 Å². The zero-order chi connectivity index (χ0) is 14.3. The molecule has 20 heavy (non-hydrogen) atoms. The zero-order valence-corrected chi connectivity index (χ0v) is 12.9. The molecule has 2 saturated carbocycles. The molecule has 3 fully saturated rings. The van der Waals surface area contributed by atoms with E-state index in [-0.39, 0.29) is 12.0 Å². The van der Waals surface area contributed by atoms with Crippen molar-refractivity contribution in [3.63, 3.8) is 0 Å². The Labute approximate surface area is 122 Å². The van der Waals surface area contributed by atoms with Crippen molar-refractivity contribution >= 4 is 5.91 Å². The van der Waals surface area contributed by atoms with Gasteiger partial charge in [0.2, 0.25) is 5.91 Å². The lowest BCUT2D eigenvalue weighted by atomic mass is 9.84. The molecule has 3 aliphatic rings. The third-order valence-electron chi connectivity index (χ3n) is 5.57. The van der Waals surface area contributed by atoms with Gasteiger partial charge in [-0.2, -0.15) is 0 Å². The second-order valence-electron chi connectivity index (χ2n) is 7.46. The molecule has 2 aliphatic carbocycles. The van der Waals surface area contributed by atoms with Gasteiger partial charge in [-0.1, -0.05) is 13.8 Å².